The number of aliphatic carboxylic acids is 1. The van der Waals surface area contributed by atoms with E-state index in [4.69, 9.17) is 11.5 Å². The molecule has 2 aliphatic rings. The highest BCUT2D eigenvalue weighted by molar-refractivity contribution is 5.94. The van der Waals surface area contributed by atoms with Crippen molar-refractivity contribution in [3.05, 3.63) is 29.8 Å². The molecule has 3 rings (SSSR count). The molecule has 2 heterocycles. The Morgan fingerprint density at radius 2 is 1.82 bits per heavy atom. The zero-order valence-corrected chi connectivity index (χ0v) is 21.3. The highest BCUT2D eigenvalue weighted by Crippen LogP contribution is 2.20. The number of carbonyl (C=O) groups is 4. The number of carboxylic acids is 1. The van der Waals surface area contributed by atoms with Crippen molar-refractivity contribution >= 4 is 29.7 Å². The monoisotopic (exact) mass is 531 g/mol. The summed E-state index contributed by atoms with van der Waals surface area (Å²) in [6, 6.07) is 2.79. The number of carboxylic acid groups (broad SMARTS) is 1. The third kappa shape index (κ3) is 8.07. The van der Waals surface area contributed by atoms with Crippen LogP contribution in [0.4, 0.5) is 0 Å². The molecule has 13 nitrogen and oxygen atoms in total. The van der Waals surface area contributed by atoms with Gasteiger partial charge in [0.1, 0.15) is 23.9 Å². The summed E-state index contributed by atoms with van der Waals surface area (Å²) in [6.45, 7) is 1.24. The maximum absolute atomic E-state index is 13.5. The number of guanidine groups is 1. The van der Waals surface area contributed by atoms with Crippen molar-refractivity contribution in [1.29, 1.82) is 0 Å². The fourth-order valence-electron chi connectivity index (χ4n) is 4.78. The SMILES string of the molecule is NC(N)=NCCCC(NC(=O)C1CCCN1)C(=O)NC(Cc1ccc(O)cc1)C(=O)N1CCCC1C(=O)O. The molecule has 0 aliphatic carbocycles. The van der Waals surface area contributed by atoms with Gasteiger partial charge in [0.25, 0.3) is 0 Å². The zero-order chi connectivity index (χ0) is 27.7. The fraction of sp³-hybridized carbons (Fsp3) is 0.560. The number of aliphatic imine (C=N–C) groups is 1. The summed E-state index contributed by atoms with van der Waals surface area (Å²) in [6.07, 6.45) is 3.08. The van der Waals surface area contributed by atoms with Crippen molar-refractivity contribution in [2.45, 2.75) is 69.1 Å². The first-order valence-electron chi connectivity index (χ1n) is 12.9. The zero-order valence-electron chi connectivity index (χ0n) is 21.3. The number of rotatable bonds is 12. The predicted octanol–water partition coefficient (Wildman–Crippen LogP) is -1.21. The van der Waals surface area contributed by atoms with Crippen LogP contribution in [0.25, 0.3) is 0 Å². The molecule has 4 unspecified atom stereocenters. The predicted molar refractivity (Wildman–Crippen MR) is 139 cm³/mol. The Hall–Kier alpha value is -3.87. The molecule has 2 aliphatic heterocycles. The van der Waals surface area contributed by atoms with Gasteiger partial charge in [0, 0.05) is 19.5 Å². The quantitative estimate of drug-likeness (QED) is 0.0977. The highest BCUT2D eigenvalue weighted by atomic mass is 16.4. The van der Waals surface area contributed by atoms with Gasteiger partial charge in [0.2, 0.25) is 17.7 Å². The number of phenolic OH excluding ortho intramolecular Hbond substituents is 1. The average Bonchev–Trinajstić information content (AvgIpc) is 3.59. The summed E-state index contributed by atoms with van der Waals surface area (Å²) >= 11 is 0. The number of likely N-dealkylation sites (tertiary alicyclic amines) is 1. The van der Waals surface area contributed by atoms with E-state index in [1.807, 2.05) is 0 Å². The molecule has 0 bridgehead atoms. The van der Waals surface area contributed by atoms with E-state index in [2.05, 4.69) is 20.9 Å². The van der Waals surface area contributed by atoms with Gasteiger partial charge in [-0.1, -0.05) is 12.1 Å². The second-order valence-corrected chi connectivity index (χ2v) is 9.62. The molecule has 0 spiro atoms. The molecule has 1 aromatic rings. The lowest BCUT2D eigenvalue weighted by atomic mass is 10.0. The van der Waals surface area contributed by atoms with Crippen LogP contribution >= 0.6 is 0 Å². The van der Waals surface area contributed by atoms with Crippen molar-refractivity contribution in [2.24, 2.45) is 16.5 Å². The van der Waals surface area contributed by atoms with Gasteiger partial charge in [-0.05, 0) is 62.8 Å². The van der Waals surface area contributed by atoms with Crippen molar-refractivity contribution in [3.63, 3.8) is 0 Å². The number of hydrogen-bond acceptors (Lipinski definition) is 7. The third-order valence-corrected chi connectivity index (χ3v) is 6.77. The molecule has 2 saturated heterocycles. The lowest BCUT2D eigenvalue weighted by Gasteiger charge is -2.29. The second-order valence-electron chi connectivity index (χ2n) is 9.62. The van der Waals surface area contributed by atoms with Crippen molar-refractivity contribution < 1.29 is 29.4 Å². The van der Waals surface area contributed by atoms with E-state index in [0.717, 1.165) is 6.42 Å². The first kappa shape index (κ1) is 28.7. The highest BCUT2D eigenvalue weighted by Gasteiger charge is 2.38. The topological polar surface area (TPSA) is 212 Å². The summed E-state index contributed by atoms with van der Waals surface area (Å²) in [5.41, 5.74) is 11.4. The number of amides is 3. The summed E-state index contributed by atoms with van der Waals surface area (Å²) in [4.78, 5) is 56.7. The Balaban J connectivity index is 1.79. The van der Waals surface area contributed by atoms with Crippen LogP contribution in [0.3, 0.4) is 0 Å². The number of nitrogens with two attached hydrogens (primary N) is 2. The Morgan fingerprint density at radius 3 is 2.45 bits per heavy atom. The Bertz CT molecular complexity index is 1020. The number of benzene rings is 1. The summed E-state index contributed by atoms with van der Waals surface area (Å²) in [5, 5.41) is 27.8. The number of aromatic hydroxyl groups is 1. The van der Waals surface area contributed by atoms with Crippen LogP contribution in [-0.4, -0.2) is 88.6 Å². The standard InChI is InChI=1S/C25H37N7O6/c26-25(27)29-12-2-5-18(30-21(34)17-4-1-11-28-17)22(35)31-19(14-15-7-9-16(33)10-8-15)23(36)32-13-3-6-20(32)24(37)38/h7-10,17-20,28,33H,1-6,11-14H2,(H,30,34)(H,31,35)(H,37,38)(H4,26,27,29). The molecule has 38 heavy (non-hydrogen) atoms. The minimum Gasteiger partial charge on any atom is -0.508 e. The lowest BCUT2D eigenvalue weighted by Crippen LogP contribution is -2.57. The van der Waals surface area contributed by atoms with Gasteiger partial charge in [0.15, 0.2) is 5.96 Å². The van der Waals surface area contributed by atoms with Gasteiger partial charge < -0.3 is 42.5 Å². The van der Waals surface area contributed by atoms with Gasteiger partial charge in [-0.25, -0.2) is 4.79 Å². The van der Waals surface area contributed by atoms with E-state index < -0.39 is 42.0 Å². The van der Waals surface area contributed by atoms with Crippen LogP contribution in [-0.2, 0) is 25.6 Å². The van der Waals surface area contributed by atoms with Crippen molar-refractivity contribution in [3.8, 4) is 5.75 Å². The third-order valence-electron chi connectivity index (χ3n) is 6.77. The molecule has 0 saturated carbocycles. The molecule has 208 valence electrons. The largest absolute Gasteiger partial charge is 0.508 e. The first-order valence-corrected chi connectivity index (χ1v) is 12.9. The number of phenols is 1. The van der Waals surface area contributed by atoms with Crippen LogP contribution in [0.2, 0.25) is 0 Å². The molecule has 2 fully saturated rings. The average molecular weight is 532 g/mol. The minimum atomic E-state index is -1.10. The van der Waals surface area contributed by atoms with Crippen LogP contribution in [0.1, 0.15) is 44.1 Å². The van der Waals surface area contributed by atoms with Crippen LogP contribution < -0.4 is 27.4 Å². The van der Waals surface area contributed by atoms with Crippen LogP contribution in [0.15, 0.2) is 29.3 Å². The smallest absolute Gasteiger partial charge is 0.326 e. The van der Waals surface area contributed by atoms with Crippen molar-refractivity contribution in [2.75, 3.05) is 19.6 Å². The van der Waals surface area contributed by atoms with E-state index >= 15 is 0 Å². The van der Waals surface area contributed by atoms with E-state index in [-0.39, 0.29) is 43.5 Å². The Morgan fingerprint density at radius 1 is 1.08 bits per heavy atom. The summed E-state index contributed by atoms with van der Waals surface area (Å²) in [5.74, 6) is -2.52. The summed E-state index contributed by atoms with van der Waals surface area (Å²) in [7, 11) is 0. The maximum Gasteiger partial charge on any atom is 0.326 e. The summed E-state index contributed by atoms with van der Waals surface area (Å²) < 4.78 is 0. The van der Waals surface area contributed by atoms with E-state index in [1.54, 1.807) is 12.1 Å². The molecule has 9 N–H and O–H groups in total. The van der Waals surface area contributed by atoms with E-state index in [9.17, 15) is 29.4 Å². The molecule has 1 aromatic carbocycles. The van der Waals surface area contributed by atoms with Crippen LogP contribution in [0.5, 0.6) is 5.75 Å². The van der Waals surface area contributed by atoms with Crippen molar-refractivity contribution in [1.82, 2.24) is 20.9 Å². The fourth-order valence-corrected chi connectivity index (χ4v) is 4.78. The molecule has 0 radical (unpaired) electrons. The molecule has 4 atom stereocenters. The first-order chi connectivity index (χ1) is 18.2. The molecular formula is C25H37N7O6. The van der Waals surface area contributed by atoms with Gasteiger partial charge in [-0.3, -0.25) is 19.4 Å². The maximum atomic E-state index is 13.5. The Labute approximate surface area is 221 Å². The van der Waals surface area contributed by atoms with E-state index in [0.29, 0.717) is 37.8 Å². The Kier molecular flexibility index (Phi) is 10.3. The lowest BCUT2D eigenvalue weighted by molar-refractivity contribution is -0.149. The van der Waals surface area contributed by atoms with E-state index in [1.165, 1.54) is 17.0 Å². The van der Waals surface area contributed by atoms with Gasteiger partial charge in [0.05, 0.1) is 6.04 Å². The number of carbonyl (C=O) groups excluding carboxylic acids is 3. The minimum absolute atomic E-state index is 0.0511. The van der Waals surface area contributed by atoms with Gasteiger partial charge in [-0.15, -0.1) is 0 Å². The molecule has 0 aromatic heterocycles. The number of nitrogens with zero attached hydrogens (tertiary/aromatic N) is 2. The number of hydrogen-bond donors (Lipinski definition) is 7. The van der Waals surface area contributed by atoms with Gasteiger partial charge >= 0.3 is 5.97 Å². The number of nitrogens with one attached hydrogen (secondary N) is 3. The molecule has 13 heteroatoms. The normalized spacial score (nSPS) is 20.4. The molecule has 3 amide bonds. The molecular weight excluding hydrogens is 494 g/mol. The van der Waals surface area contributed by atoms with Gasteiger partial charge in [-0.2, -0.15) is 0 Å². The second kappa shape index (κ2) is 13.6. The van der Waals surface area contributed by atoms with Crippen LogP contribution in [0, 0.1) is 0 Å².